The second-order valence-corrected chi connectivity index (χ2v) is 9.58. The molecule has 182 valence electrons. The summed E-state index contributed by atoms with van der Waals surface area (Å²) in [4.78, 5) is -0.0534. The van der Waals surface area contributed by atoms with Crippen LogP contribution in [0, 0.1) is 0 Å². The van der Waals surface area contributed by atoms with Crippen LogP contribution >= 0.6 is 11.3 Å². The molecule has 1 aliphatic rings. The van der Waals surface area contributed by atoms with Gasteiger partial charge in [-0.3, -0.25) is 0 Å². The van der Waals surface area contributed by atoms with Crippen molar-refractivity contribution in [3.05, 3.63) is 81.3 Å². The number of thiophene rings is 1. The molecule has 1 unspecified atom stereocenters. The zero-order valence-corrected chi connectivity index (χ0v) is 19.6. The van der Waals surface area contributed by atoms with Gasteiger partial charge in [0.05, 0.1) is 0 Å². The Bertz CT molecular complexity index is 1260. The normalized spacial score (nSPS) is 15.3. The lowest BCUT2D eigenvalue weighted by Crippen LogP contribution is -2.21. The van der Waals surface area contributed by atoms with Gasteiger partial charge in [0.2, 0.25) is 0 Å². The van der Waals surface area contributed by atoms with Crippen LogP contribution < -0.4 is 10.1 Å². The van der Waals surface area contributed by atoms with Gasteiger partial charge >= 0.3 is 6.18 Å². The summed E-state index contributed by atoms with van der Waals surface area (Å²) in [7, 11) is 0. The van der Waals surface area contributed by atoms with Gasteiger partial charge in [0, 0.05) is 22.9 Å². The highest BCUT2D eigenvalue weighted by Crippen LogP contribution is 2.43. The number of rotatable bonds is 9. The minimum Gasteiger partial charge on any atom is -0.488 e. The maximum absolute atomic E-state index is 13.6. The first kappa shape index (κ1) is 23.5. The number of hydrogen-bond donors (Lipinski definition) is 2. The van der Waals surface area contributed by atoms with Gasteiger partial charge in [0.25, 0.3) is 0 Å². The second kappa shape index (κ2) is 10.2. The predicted octanol–water partition coefficient (Wildman–Crippen LogP) is 5.74. The summed E-state index contributed by atoms with van der Waals surface area (Å²) in [5.74, 6) is 1.38. The third kappa shape index (κ3) is 5.54. The molecule has 0 fully saturated rings. The van der Waals surface area contributed by atoms with E-state index in [4.69, 9.17) is 4.74 Å². The quantitative estimate of drug-likeness (QED) is 0.288. The molecule has 0 saturated heterocycles. The lowest BCUT2D eigenvalue weighted by molar-refractivity contribution is -0.133. The highest BCUT2D eigenvalue weighted by molar-refractivity contribution is 7.12. The Balaban J connectivity index is 1.21. The number of fused-ring (bicyclic) bond motifs is 1. The molecule has 5 rings (SSSR count). The maximum Gasteiger partial charge on any atom is 0.426 e. The van der Waals surface area contributed by atoms with E-state index in [0.717, 1.165) is 43.6 Å². The van der Waals surface area contributed by atoms with E-state index < -0.39 is 11.1 Å². The number of ether oxygens (including phenoxy) is 1. The Hall–Kier alpha value is -3.24. The average molecular weight is 500 g/mol. The third-order valence-electron chi connectivity index (χ3n) is 6.06. The molecule has 6 nitrogen and oxygen atoms in total. The standard InChI is InChI=1S/C25H24F3N5OS/c26-25(27,28)24-21(16-5-2-1-3-6-16)14-19(35-24)15-34-18-9-10-20-17(13-18)8-11-22(20)29-12-4-7-23-30-32-33-31-23/h1-3,5-6,9-10,13-14,22,29H,4,7-8,11-12,15H2,(H,30,31,32,33). The maximum atomic E-state index is 13.6. The van der Waals surface area contributed by atoms with Gasteiger partial charge < -0.3 is 10.1 Å². The van der Waals surface area contributed by atoms with Gasteiger partial charge in [-0.25, -0.2) is 0 Å². The summed E-state index contributed by atoms with van der Waals surface area (Å²) in [6, 6.07) is 16.5. The molecule has 0 amide bonds. The van der Waals surface area contributed by atoms with Gasteiger partial charge in [0.1, 0.15) is 17.2 Å². The molecule has 10 heteroatoms. The Labute approximate surface area is 204 Å². The highest BCUT2D eigenvalue weighted by atomic mass is 32.1. The van der Waals surface area contributed by atoms with Crippen LogP contribution in [0.4, 0.5) is 13.2 Å². The smallest absolute Gasteiger partial charge is 0.426 e. The number of halogens is 3. The Kier molecular flexibility index (Phi) is 6.83. The van der Waals surface area contributed by atoms with Gasteiger partial charge in [-0.15, -0.1) is 21.5 Å². The first-order valence-corrected chi connectivity index (χ1v) is 12.3. The Morgan fingerprint density at radius 3 is 2.74 bits per heavy atom. The summed E-state index contributed by atoms with van der Waals surface area (Å²) >= 11 is 0.742. The lowest BCUT2D eigenvalue weighted by Gasteiger charge is -2.14. The van der Waals surface area contributed by atoms with Crippen molar-refractivity contribution in [2.45, 2.75) is 44.5 Å². The molecule has 2 N–H and O–H groups in total. The first-order chi connectivity index (χ1) is 17.0. The van der Waals surface area contributed by atoms with Crippen molar-refractivity contribution in [1.29, 1.82) is 0 Å². The van der Waals surface area contributed by atoms with Crippen LogP contribution in [-0.4, -0.2) is 27.2 Å². The van der Waals surface area contributed by atoms with Crippen molar-refractivity contribution in [1.82, 2.24) is 25.9 Å². The number of nitrogens with zero attached hydrogens (tertiary/aromatic N) is 3. The molecular formula is C25H24F3N5OS. The lowest BCUT2D eigenvalue weighted by atomic mass is 10.1. The number of aryl methyl sites for hydroxylation is 2. The Morgan fingerprint density at radius 2 is 1.97 bits per heavy atom. The number of benzene rings is 2. The van der Waals surface area contributed by atoms with Crippen molar-refractivity contribution >= 4 is 11.3 Å². The zero-order chi connectivity index (χ0) is 24.3. The molecule has 4 aromatic rings. The van der Waals surface area contributed by atoms with E-state index in [1.165, 1.54) is 11.1 Å². The topological polar surface area (TPSA) is 75.7 Å². The Morgan fingerprint density at radius 1 is 1.11 bits per heavy atom. The number of tetrazole rings is 1. The molecule has 2 heterocycles. The summed E-state index contributed by atoms with van der Waals surface area (Å²) < 4.78 is 46.8. The monoisotopic (exact) mass is 499 g/mol. The fourth-order valence-corrected chi connectivity index (χ4v) is 5.38. The van der Waals surface area contributed by atoms with Crippen LogP contribution in [0.3, 0.4) is 0 Å². The summed E-state index contributed by atoms with van der Waals surface area (Å²) in [6.45, 7) is 0.942. The van der Waals surface area contributed by atoms with Crippen molar-refractivity contribution in [2.75, 3.05) is 6.54 Å². The molecule has 0 radical (unpaired) electrons. The minimum atomic E-state index is -4.41. The molecule has 0 aliphatic heterocycles. The van der Waals surface area contributed by atoms with Crippen LogP contribution in [0.25, 0.3) is 11.1 Å². The van der Waals surface area contributed by atoms with Crippen molar-refractivity contribution in [2.24, 2.45) is 0 Å². The van der Waals surface area contributed by atoms with Gasteiger partial charge in [-0.1, -0.05) is 41.6 Å². The van der Waals surface area contributed by atoms with E-state index in [1.807, 2.05) is 12.1 Å². The van der Waals surface area contributed by atoms with Crippen LogP contribution in [-0.2, 0) is 25.6 Å². The zero-order valence-electron chi connectivity index (χ0n) is 18.8. The first-order valence-electron chi connectivity index (χ1n) is 11.4. The molecule has 1 aliphatic carbocycles. The van der Waals surface area contributed by atoms with Crippen molar-refractivity contribution < 1.29 is 17.9 Å². The molecular weight excluding hydrogens is 475 g/mol. The van der Waals surface area contributed by atoms with Gasteiger partial charge in [-0.2, -0.15) is 18.4 Å². The van der Waals surface area contributed by atoms with Crippen molar-refractivity contribution in [3.63, 3.8) is 0 Å². The summed E-state index contributed by atoms with van der Waals surface area (Å²) in [5, 5.41) is 17.5. The summed E-state index contributed by atoms with van der Waals surface area (Å²) in [5.41, 5.74) is 3.21. The van der Waals surface area contributed by atoms with Crippen LogP contribution in [0.5, 0.6) is 5.75 Å². The van der Waals surface area contributed by atoms with E-state index in [-0.39, 0.29) is 18.2 Å². The molecule has 0 bridgehead atoms. The number of H-pyrrole nitrogens is 1. The minimum absolute atomic E-state index is 0.0944. The number of aromatic nitrogens is 4. The molecule has 2 aromatic carbocycles. The molecule has 2 aromatic heterocycles. The number of aromatic amines is 1. The molecule has 35 heavy (non-hydrogen) atoms. The largest absolute Gasteiger partial charge is 0.488 e. The van der Waals surface area contributed by atoms with E-state index in [2.05, 4.69) is 32.0 Å². The van der Waals surface area contributed by atoms with E-state index in [9.17, 15) is 13.2 Å². The second-order valence-electron chi connectivity index (χ2n) is 8.45. The van der Waals surface area contributed by atoms with Crippen LogP contribution in [0.15, 0.2) is 54.6 Å². The van der Waals surface area contributed by atoms with Crippen molar-refractivity contribution in [3.8, 4) is 16.9 Å². The summed E-state index contributed by atoms with van der Waals surface area (Å²) in [6.07, 6.45) is -0.792. The molecule has 0 saturated carbocycles. The van der Waals surface area contributed by atoms with Crippen LogP contribution in [0.1, 0.15) is 45.6 Å². The predicted molar refractivity (Wildman–Crippen MR) is 127 cm³/mol. The van der Waals surface area contributed by atoms with Gasteiger partial charge in [0.15, 0.2) is 5.82 Å². The number of nitrogens with one attached hydrogen (secondary N) is 2. The third-order valence-corrected chi connectivity index (χ3v) is 7.21. The van der Waals surface area contributed by atoms with Gasteiger partial charge in [-0.05, 0) is 60.7 Å². The molecule has 0 spiro atoms. The number of hydrogen-bond acceptors (Lipinski definition) is 6. The van der Waals surface area contributed by atoms with Crippen LogP contribution in [0.2, 0.25) is 0 Å². The number of alkyl halides is 3. The van der Waals surface area contributed by atoms with E-state index in [0.29, 0.717) is 22.0 Å². The highest BCUT2D eigenvalue weighted by Gasteiger charge is 2.36. The van der Waals surface area contributed by atoms with E-state index >= 15 is 0 Å². The fraction of sp³-hybridized carbons (Fsp3) is 0.320. The van der Waals surface area contributed by atoms with E-state index in [1.54, 1.807) is 36.4 Å². The molecule has 1 atom stereocenters. The fourth-order valence-electron chi connectivity index (χ4n) is 4.42. The SMILES string of the molecule is FC(F)(F)c1sc(COc2ccc3c(c2)CCC3NCCCc2nn[nH]n2)cc1-c1ccccc1. The average Bonchev–Trinajstić information content (AvgIpc) is 3.61.